The summed E-state index contributed by atoms with van der Waals surface area (Å²) in [5.41, 5.74) is 1.06. The Hall–Kier alpha value is -0.466. The van der Waals surface area contributed by atoms with Crippen molar-refractivity contribution >= 4 is 17.6 Å². The standard InChI is InChI=1S/C13H22O3Si2/c1-13(12-8-6-5-7-9-12)14-10-11-18(3,4)16-17(2)15-13/h5-9,17H,10-11H2,1-4H3. The first-order valence-electron chi connectivity index (χ1n) is 6.46. The first kappa shape index (κ1) is 14.0. The highest BCUT2D eigenvalue weighted by atomic mass is 28.4. The zero-order valence-corrected chi connectivity index (χ0v) is 13.8. The zero-order valence-electron chi connectivity index (χ0n) is 11.6. The van der Waals surface area contributed by atoms with Gasteiger partial charge < -0.3 is 13.3 Å². The average molecular weight is 282 g/mol. The van der Waals surface area contributed by atoms with Crippen molar-refractivity contribution in [1.82, 2.24) is 0 Å². The van der Waals surface area contributed by atoms with Crippen LogP contribution in [-0.2, 0) is 19.1 Å². The molecular weight excluding hydrogens is 260 g/mol. The number of benzene rings is 1. The van der Waals surface area contributed by atoms with E-state index in [2.05, 4.69) is 19.6 Å². The lowest BCUT2D eigenvalue weighted by Crippen LogP contribution is -2.47. The molecule has 0 saturated carbocycles. The highest BCUT2D eigenvalue weighted by Crippen LogP contribution is 2.31. The fourth-order valence-corrected chi connectivity index (χ4v) is 7.96. The Labute approximate surface area is 112 Å². The van der Waals surface area contributed by atoms with Crippen LogP contribution in [0.2, 0.25) is 25.7 Å². The van der Waals surface area contributed by atoms with Gasteiger partial charge in [-0.1, -0.05) is 30.3 Å². The van der Waals surface area contributed by atoms with Crippen molar-refractivity contribution in [3.8, 4) is 0 Å². The highest BCUT2D eigenvalue weighted by molar-refractivity contribution is 6.76. The van der Waals surface area contributed by atoms with Crippen LogP contribution in [0.5, 0.6) is 0 Å². The third-order valence-corrected chi connectivity index (χ3v) is 9.33. The fraction of sp³-hybridized carbons (Fsp3) is 0.538. The minimum absolute atomic E-state index is 0.655. The molecule has 18 heavy (non-hydrogen) atoms. The lowest BCUT2D eigenvalue weighted by molar-refractivity contribution is -0.187. The molecule has 1 aliphatic rings. The third kappa shape index (κ3) is 3.30. The van der Waals surface area contributed by atoms with E-state index in [1.54, 1.807) is 0 Å². The monoisotopic (exact) mass is 282 g/mol. The van der Waals surface area contributed by atoms with Crippen molar-refractivity contribution in [3.05, 3.63) is 35.9 Å². The molecule has 0 radical (unpaired) electrons. The van der Waals surface area contributed by atoms with E-state index >= 15 is 0 Å². The van der Waals surface area contributed by atoms with E-state index in [4.69, 9.17) is 13.3 Å². The Morgan fingerprint density at radius 3 is 2.56 bits per heavy atom. The Balaban J connectivity index is 2.19. The van der Waals surface area contributed by atoms with Gasteiger partial charge in [-0.25, -0.2) is 0 Å². The third-order valence-electron chi connectivity index (χ3n) is 3.26. The zero-order chi connectivity index (χ0) is 13.2. The molecule has 1 fully saturated rings. The van der Waals surface area contributed by atoms with Gasteiger partial charge in [-0.3, -0.25) is 0 Å². The smallest absolute Gasteiger partial charge is 0.310 e. The second-order valence-electron chi connectivity index (χ2n) is 5.47. The average Bonchev–Trinajstić information content (AvgIpc) is 2.27. The van der Waals surface area contributed by atoms with E-state index in [-0.39, 0.29) is 0 Å². The number of hydrogen-bond acceptors (Lipinski definition) is 3. The minimum atomic E-state index is -1.65. The van der Waals surface area contributed by atoms with E-state index in [9.17, 15) is 0 Å². The molecule has 1 aromatic carbocycles. The van der Waals surface area contributed by atoms with E-state index < -0.39 is 23.4 Å². The normalized spacial score (nSPS) is 32.6. The first-order valence-corrected chi connectivity index (χ1v) is 11.7. The summed E-state index contributed by atoms with van der Waals surface area (Å²) in [6, 6.07) is 11.1. The lowest BCUT2D eigenvalue weighted by Gasteiger charge is -2.39. The Morgan fingerprint density at radius 1 is 1.22 bits per heavy atom. The minimum Gasteiger partial charge on any atom is -0.438 e. The summed E-state index contributed by atoms with van der Waals surface area (Å²) < 4.78 is 18.3. The molecule has 0 aromatic heterocycles. The van der Waals surface area contributed by atoms with E-state index in [1.165, 1.54) is 0 Å². The van der Waals surface area contributed by atoms with Crippen LogP contribution in [0.1, 0.15) is 12.5 Å². The molecule has 0 bridgehead atoms. The molecule has 1 heterocycles. The van der Waals surface area contributed by atoms with Crippen LogP contribution < -0.4 is 0 Å². The summed E-state index contributed by atoms with van der Waals surface area (Å²) in [6.07, 6.45) is 0. The molecule has 2 unspecified atom stereocenters. The van der Waals surface area contributed by atoms with Crippen LogP contribution in [0.25, 0.3) is 0 Å². The van der Waals surface area contributed by atoms with Crippen LogP contribution >= 0.6 is 0 Å². The van der Waals surface area contributed by atoms with Crippen LogP contribution in [0.15, 0.2) is 30.3 Å². The number of ether oxygens (including phenoxy) is 1. The maximum Gasteiger partial charge on any atom is 0.310 e. The number of hydrogen-bond donors (Lipinski definition) is 0. The van der Waals surface area contributed by atoms with Crippen LogP contribution in [0.4, 0.5) is 0 Å². The summed E-state index contributed by atoms with van der Waals surface area (Å²) in [7, 11) is -3.24. The molecule has 1 aliphatic heterocycles. The topological polar surface area (TPSA) is 27.7 Å². The maximum atomic E-state index is 6.17. The molecule has 0 spiro atoms. The van der Waals surface area contributed by atoms with Crippen molar-refractivity contribution in [2.24, 2.45) is 0 Å². The summed E-state index contributed by atoms with van der Waals surface area (Å²) in [6.45, 7) is 9.24. The van der Waals surface area contributed by atoms with Crippen molar-refractivity contribution in [2.45, 2.75) is 38.4 Å². The molecule has 3 nitrogen and oxygen atoms in total. The van der Waals surface area contributed by atoms with Crippen LogP contribution in [0.3, 0.4) is 0 Å². The molecule has 0 aliphatic carbocycles. The van der Waals surface area contributed by atoms with Crippen molar-refractivity contribution < 1.29 is 13.3 Å². The summed E-state index contributed by atoms with van der Waals surface area (Å²) in [4.78, 5) is 0. The highest BCUT2D eigenvalue weighted by Gasteiger charge is 2.37. The van der Waals surface area contributed by atoms with Crippen LogP contribution in [0, 0.1) is 0 Å². The first-order chi connectivity index (χ1) is 8.41. The molecule has 0 amide bonds. The summed E-state index contributed by atoms with van der Waals surface area (Å²) in [5, 5.41) is 0. The van der Waals surface area contributed by atoms with Gasteiger partial charge in [0.2, 0.25) is 0 Å². The van der Waals surface area contributed by atoms with E-state index in [0.717, 1.165) is 11.6 Å². The summed E-state index contributed by atoms with van der Waals surface area (Å²) in [5.74, 6) is -0.655. The van der Waals surface area contributed by atoms with Crippen molar-refractivity contribution in [3.63, 3.8) is 0 Å². The SMILES string of the molecule is C[SiH]1OC(C)(c2ccccc2)OCC[Si](C)(C)O1. The van der Waals surface area contributed by atoms with Gasteiger partial charge in [-0.2, -0.15) is 0 Å². The van der Waals surface area contributed by atoms with Gasteiger partial charge in [0.05, 0.1) is 6.61 Å². The molecular formula is C13H22O3Si2. The van der Waals surface area contributed by atoms with Gasteiger partial charge in [-0.05, 0) is 32.6 Å². The number of rotatable bonds is 1. The molecule has 100 valence electrons. The molecule has 5 heteroatoms. The van der Waals surface area contributed by atoms with Gasteiger partial charge in [0, 0.05) is 5.56 Å². The van der Waals surface area contributed by atoms with Crippen LogP contribution in [-0.4, -0.2) is 24.2 Å². The van der Waals surface area contributed by atoms with Crippen molar-refractivity contribution in [2.75, 3.05) is 6.61 Å². The molecule has 2 rings (SSSR count). The predicted octanol–water partition coefficient (Wildman–Crippen LogP) is 2.98. The van der Waals surface area contributed by atoms with Gasteiger partial charge in [0.15, 0.2) is 14.1 Å². The quantitative estimate of drug-likeness (QED) is 0.741. The Bertz CT molecular complexity index is 396. The second-order valence-corrected chi connectivity index (χ2v) is 11.8. The molecule has 1 saturated heterocycles. The van der Waals surface area contributed by atoms with Gasteiger partial charge in [-0.15, -0.1) is 0 Å². The van der Waals surface area contributed by atoms with Crippen molar-refractivity contribution in [1.29, 1.82) is 0 Å². The Kier molecular flexibility index (Phi) is 4.08. The largest absolute Gasteiger partial charge is 0.438 e. The van der Waals surface area contributed by atoms with Gasteiger partial charge in [0.1, 0.15) is 0 Å². The summed E-state index contributed by atoms with van der Waals surface area (Å²) >= 11 is 0. The fourth-order valence-electron chi connectivity index (χ4n) is 2.27. The van der Waals surface area contributed by atoms with E-state index in [0.29, 0.717) is 6.61 Å². The lowest BCUT2D eigenvalue weighted by atomic mass is 10.1. The van der Waals surface area contributed by atoms with Gasteiger partial charge in [0.25, 0.3) is 0 Å². The Morgan fingerprint density at radius 2 is 1.89 bits per heavy atom. The maximum absolute atomic E-state index is 6.17. The van der Waals surface area contributed by atoms with Gasteiger partial charge >= 0.3 is 9.28 Å². The molecule has 2 atom stereocenters. The predicted molar refractivity (Wildman–Crippen MR) is 77.2 cm³/mol. The van der Waals surface area contributed by atoms with E-state index in [1.807, 2.05) is 37.3 Å². The molecule has 0 N–H and O–H groups in total. The second kappa shape index (κ2) is 5.26. The molecule has 1 aromatic rings.